The molecule has 1 N–H and O–H groups in total. The van der Waals surface area contributed by atoms with Crippen molar-refractivity contribution in [3.8, 4) is 0 Å². The van der Waals surface area contributed by atoms with Crippen LogP contribution in [0.5, 0.6) is 0 Å². The highest BCUT2D eigenvalue weighted by Gasteiger charge is 2.38. The minimum absolute atomic E-state index is 0.323. The molecule has 1 aromatic rings. The van der Waals surface area contributed by atoms with E-state index in [0.717, 1.165) is 6.07 Å². The average Bonchev–Trinajstić information content (AvgIpc) is 2.94. The number of hydrogen-bond acceptors (Lipinski definition) is 3. The number of anilines is 1. The molecule has 1 heterocycles. The Labute approximate surface area is 144 Å². The van der Waals surface area contributed by atoms with E-state index in [4.69, 9.17) is 4.74 Å². The summed E-state index contributed by atoms with van der Waals surface area (Å²) in [4.78, 5) is 25.9. The lowest BCUT2D eigenvalue weighted by atomic mass is 10.1. The molecular weight excluding hydrogens is 337 g/mol. The van der Waals surface area contributed by atoms with Crippen LogP contribution in [0.3, 0.4) is 0 Å². The van der Waals surface area contributed by atoms with Crippen LogP contribution in [0.4, 0.5) is 23.7 Å². The molecule has 8 heteroatoms. The maximum absolute atomic E-state index is 13.0. The Morgan fingerprint density at radius 2 is 1.84 bits per heavy atom. The first-order valence-electron chi connectivity index (χ1n) is 7.96. The van der Waals surface area contributed by atoms with Gasteiger partial charge in [0.2, 0.25) is 5.91 Å². The number of benzene rings is 1. The summed E-state index contributed by atoms with van der Waals surface area (Å²) in [5, 5.41) is 2.30. The molecule has 0 bridgehead atoms. The molecule has 1 aromatic carbocycles. The molecule has 1 aliphatic heterocycles. The van der Waals surface area contributed by atoms with Crippen LogP contribution in [0.2, 0.25) is 0 Å². The minimum Gasteiger partial charge on any atom is -0.444 e. The highest BCUT2D eigenvalue weighted by atomic mass is 19.4. The molecule has 0 spiro atoms. The number of ether oxygens (including phenoxy) is 1. The number of halogens is 3. The van der Waals surface area contributed by atoms with Gasteiger partial charge in [0.1, 0.15) is 11.6 Å². The standard InChI is InChI=1S/C17H21F3N2O3/c1-16(2,3)25-15(24)22-10-6-9-13(22)14(23)21-12-8-5-4-7-11(12)17(18,19)20/h4-5,7-8,13H,6,9-10H2,1-3H3,(H,21,23). The fourth-order valence-corrected chi connectivity index (χ4v) is 2.63. The van der Waals surface area contributed by atoms with Crippen LogP contribution in [0.25, 0.3) is 0 Å². The highest BCUT2D eigenvalue weighted by Crippen LogP contribution is 2.35. The van der Waals surface area contributed by atoms with Gasteiger partial charge in [-0.15, -0.1) is 0 Å². The van der Waals surface area contributed by atoms with E-state index >= 15 is 0 Å². The molecule has 0 saturated carbocycles. The predicted molar refractivity (Wildman–Crippen MR) is 86.0 cm³/mol. The largest absolute Gasteiger partial charge is 0.444 e. The lowest BCUT2D eigenvalue weighted by Gasteiger charge is -2.28. The normalized spacial score (nSPS) is 18.2. The molecule has 5 nitrogen and oxygen atoms in total. The Hall–Kier alpha value is -2.25. The van der Waals surface area contributed by atoms with Gasteiger partial charge in [-0.2, -0.15) is 13.2 Å². The Balaban J connectivity index is 2.14. The first-order valence-corrected chi connectivity index (χ1v) is 7.96. The van der Waals surface area contributed by atoms with Gasteiger partial charge in [-0.3, -0.25) is 9.69 Å². The van der Waals surface area contributed by atoms with Crippen LogP contribution in [0.15, 0.2) is 24.3 Å². The molecule has 0 aromatic heterocycles. The molecule has 1 saturated heterocycles. The number of carbonyl (C=O) groups excluding carboxylic acids is 2. The molecule has 0 radical (unpaired) electrons. The smallest absolute Gasteiger partial charge is 0.418 e. The van der Waals surface area contributed by atoms with Crippen LogP contribution in [-0.4, -0.2) is 35.1 Å². The lowest BCUT2D eigenvalue weighted by molar-refractivity contribution is -0.137. The lowest BCUT2D eigenvalue weighted by Crippen LogP contribution is -2.45. The van der Waals surface area contributed by atoms with Gasteiger partial charge < -0.3 is 10.1 Å². The number of amides is 2. The van der Waals surface area contributed by atoms with Crippen molar-refractivity contribution in [3.05, 3.63) is 29.8 Å². The van der Waals surface area contributed by atoms with E-state index in [2.05, 4.69) is 5.32 Å². The highest BCUT2D eigenvalue weighted by molar-refractivity contribution is 5.97. The van der Waals surface area contributed by atoms with Crippen molar-refractivity contribution in [1.29, 1.82) is 0 Å². The second-order valence-corrected chi connectivity index (χ2v) is 6.86. The first kappa shape index (κ1) is 19.1. The number of alkyl halides is 3. The van der Waals surface area contributed by atoms with E-state index in [1.807, 2.05) is 0 Å². The molecule has 25 heavy (non-hydrogen) atoms. The Morgan fingerprint density at radius 1 is 1.20 bits per heavy atom. The third-order valence-corrected chi connectivity index (χ3v) is 3.67. The van der Waals surface area contributed by atoms with Crippen molar-refractivity contribution in [2.24, 2.45) is 0 Å². The second kappa shape index (κ2) is 6.93. The van der Waals surface area contributed by atoms with E-state index < -0.39 is 35.4 Å². The molecule has 1 atom stereocenters. The van der Waals surface area contributed by atoms with Crippen LogP contribution >= 0.6 is 0 Å². The van der Waals surface area contributed by atoms with Gasteiger partial charge >= 0.3 is 12.3 Å². The van der Waals surface area contributed by atoms with Crippen LogP contribution in [0.1, 0.15) is 39.2 Å². The van der Waals surface area contributed by atoms with E-state index in [0.29, 0.717) is 19.4 Å². The molecule has 2 amide bonds. The van der Waals surface area contributed by atoms with Gasteiger partial charge in [0.05, 0.1) is 11.3 Å². The number of para-hydroxylation sites is 1. The number of likely N-dealkylation sites (tertiary alicyclic amines) is 1. The third kappa shape index (κ3) is 4.87. The predicted octanol–water partition coefficient (Wildman–Crippen LogP) is 4.04. The quantitative estimate of drug-likeness (QED) is 0.868. The zero-order valence-electron chi connectivity index (χ0n) is 14.3. The molecule has 1 fully saturated rings. The van der Waals surface area contributed by atoms with Crippen molar-refractivity contribution in [2.45, 2.75) is 51.4 Å². The zero-order valence-corrected chi connectivity index (χ0v) is 14.3. The third-order valence-electron chi connectivity index (χ3n) is 3.67. The number of hydrogen-bond donors (Lipinski definition) is 1. The number of nitrogens with zero attached hydrogens (tertiary/aromatic N) is 1. The van der Waals surface area contributed by atoms with Crippen molar-refractivity contribution in [2.75, 3.05) is 11.9 Å². The maximum Gasteiger partial charge on any atom is 0.418 e. The van der Waals surface area contributed by atoms with Gasteiger partial charge in [-0.05, 0) is 45.7 Å². The van der Waals surface area contributed by atoms with Gasteiger partial charge in [0.15, 0.2) is 0 Å². The SMILES string of the molecule is CC(C)(C)OC(=O)N1CCCC1C(=O)Nc1ccccc1C(F)(F)F. The van der Waals surface area contributed by atoms with Crippen LogP contribution < -0.4 is 5.32 Å². The Bertz CT molecular complexity index is 653. The Morgan fingerprint density at radius 3 is 2.44 bits per heavy atom. The van der Waals surface area contributed by atoms with Crippen molar-refractivity contribution in [1.82, 2.24) is 4.90 Å². The fraction of sp³-hybridized carbons (Fsp3) is 0.529. The second-order valence-electron chi connectivity index (χ2n) is 6.86. The number of carbonyl (C=O) groups is 2. The van der Waals surface area contributed by atoms with Crippen LogP contribution in [-0.2, 0) is 15.7 Å². The maximum atomic E-state index is 13.0. The molecule has 1 unspecified atom stereocenters. The number of rotatable bonds is 2. The number of nitrogens with one attached hydrogen (secondary N) is 1. The monoisotopic (exact) mass is 358 g/mol. The zero-order chi connectivity index (χ0) is 18.8. The first-order chi connectivity index (χ1) is 11.5. The van der Waals surface area contributed by atoms with Gasteiger partial charge in [0.25, 0.3) is 0 Å². The fourth-order valence-electron chi connectivity index (χ4n) is 2.63. The van der Waals surface area contributed by atoms with E-state index in [9.17, 15) is 22.8 Å². The summed E-state index contributed by atoms with van der Waals surface area (Å²) in [6.45, 7) is 5.44. The summed E-state index contributed by atoms with van der Waals surface area (Å²) < 4.78 is 44.3. The van der Waals surface area contributed by atoms with Crippen molar-refractivity contribution in [3.63, 3.8) is 0 Å². The van der Waals surface area contributed by atoms with E-state index in [-0.39, 0.29) is 5.69 Å². The summed E-state index contributed by atoms with van der Waals surface area (Å²) >= 11 is 0. The minimum atomic E-state index is -4.58. The van der Waals surface area contributed by atoms with Gasteiger partial charge in [-0.25, -0.2) is 4.79 Å². The molecule has 2 rings (SSSR count). The van der Waals surface area contributed by atoms with Crippen LogP contribution in [0, 0.1) is 0 Å². The summed E-state index contributed by atoms with van der Waals surface area (Å²) in [5.74, 6) is -0.653. The summed E-state index contributed by atoms with van der Waals surface area (Å²) in [7, 11) is 0. The molecule has 1 aliphatic rings. The topological polar surface area (TPSA) is 58.6 Å². The van der Waals surface area contributed by atoms with E-state index in [1.54, 1.807) is 20.8 Å². The average molecular weight is 358 g/mol. The van der Waals surface area contributed by atoms with E-state index in [1.165, 1.54) is 23.1 Å². The van der Waals surface area contributed by atoms with Gasteiger partial charge in [0, 0.05) is 6.54 Å². The van der Waals surface area contributed by atoms with Gasteiger partial charge in [-0.1, -0.05) is 12.1 Å². The van der Waals surface area contributed by atoms with Crippen molar-refractivity contribution < 1.29 is 27.5 Å². The summed E-state index contributed by atoms with van der Waals surface area (Å²) in [6, 6.07) is 3.89. The molecule has 138 valence electrons. The van der Waals surface area contributed by atoms with Crippen molar-refractivity contribution >= 4 is 17.7 Å². The Kier molecular flexibility index (Phi) is 5.29. The molecular formula is C17H21F3N2O3. The summed E-state index contributed by atoms with van der Waals surface area (Å²) in [6.07, 6.45) is -4.27. The summed E-state index contributed by atoms with van der Waals surface area (Å²) in [5.41, 5.74) is -1.97. The molecule has 0 aliphatic carbocycles.